The molecule has 0 amide bonds. The monoisotopic (exact) mass is 239 g/mol. The van der Waals surface area contributed by atoms with Crippen LogP contribution < -0.4 is 5.32 Å². The minimum Gasteiger partial charge on any atom is -0.309 e. The van der Waals surface area contributed by atoms with Crippen molar-refractivity contribution in [2.75, 3.05) is 6.54 Å². The fraction of sp³-hybridized carbons (Fsp3) is 0.714. The van der Waals surface area contributed by atoms with Gasteiger partial charge in [0.25, 0.3) is 0 Å². The first-order chi connectivity index (χ1) is 7.69. The second-order valence-electron chi connectivity index (χ2n) is 4.83. The van der Waals surface area contributed by atoms with E-state index in [0.29, 0.717) is 12.0 Å². The van der Waals surface area contributed by atoms with E-state index in [4.69, 9.17) is 0 Å². The lowest BCUT2D eigenvalue weighted by atomic mass is 9.99. The molecule has 0 fully saturated rings. The molecule has 1 unspecified atom stereocenters. The summed E-state index contributed by atoms with van der Waals surface area (Å²) < 4.78 is 0. The predicted molar refractivity (Wildman–Crippen MR) is 74.0 cm³/mol. The molecule has 1 N–H and O–H groups in total. The molecule has 1 nitrogen and oxygen atoms in total. The Balaban J connectivity index is 2.53. The minimum atomic E-state index is 0.528. The van der Waals surface area contributed by atoms with E-state index in [0.717, 1.165) is 12.5 Å². The molecule has 1 rings (SSSR count). The molecule has 1 atom stereocenters. The van der Waals surface area contributed by atoms with E-state index in [1.807, 2.05) is 11.3 Å². The van der Waals surface area contributed by atoms with Gasteiger partial charge in [-0.1, -0.05) is 46.6 Å². The largest absolute Gasteiger partial charge is 0.309 e. The molecule has 2 heteroatoms. The second-order valence-corrected chi connectivity index (χ2v) is 5.81. The van der Waals surface area contributed by atoms with Crippen LogP contribution in [0.2, 0.25) is 0 Å². The van der Waals surface area contributed by atoms with Crippen molar-refractivity contribution in [3.8, 4) is 0 Å². The van der Waals surface area contributed by atoms with Crippen LogP contribution in [0, 0.1) is 11.8 Å². The molecule has 0 saturated heterocycles. The molecule has 0 aliphatic rings. The third kappa shape index (κ3) is 3.91. The molecule has 1 heterocycles. The van der Waals surface area contributed by atoms with Crippen molar-refractivity contribution in [2.24, 2.45) is 11.8 Å². The Hall–Kier alpha value is -0.340. The number of hydrogen-bond donors (Lipinski definition) is 1. The molecular formula is C14H25NS. The maximum absolute atomic E-state index is 3.73. The van der Waals surface area contributed by atoms with Crippen LogP contribution in [-0.2, 0) is 0 Å². The van der Waals surface area contributed by atoms with Crippen molar-refractivity contribution < 1.29 is 0 Å². The third-order valence-corrected chi connectivity index (χ3v) is 4.25. The maximum atomic E-state index is 3.73. The van der Waals surface area contributed by atoms with Crippen molar-refractivity contribution >= 4 is 11.3 Å². The van der Waals surface area contributed by atoms with Crippen molar-refractivity contribution in [2.45, 2.75) is 46.6 Å². The molecule has 0 spiro atoms. The van der Waals surface area contributed by atoms with Gasteiger partial charge in [0.2, 0.25) is 0 Å². The number of thiophene rings is 1. The van der Waals surface area contributed by atoms with E-state index < -0.39 is 0 Å². The quantitative estimate of drug-likeness (QED) is 0.740. The zero-order chi connectivity index (χ0) is 12.0. The van der Waals surface area contributed by atoms with Crippen LogP contribution in [0.3, 0.4) is 0 Å². The smallest absolute Gasteiger partial charge is 0.0438 e. The Labute approximate surface area is 104 Å². The summed E-state index contributed by atoms with van der Waals surface area (Å²) in [5, 5.41) is 5.90. The second kappa shape index (κ2) is 7.08. The molecule has 16 heavy (non-hydrogen) atoms. The highest BCUT2D eigenvalue weighted by Gasteiger charge is 2.17. The van der Waals surface area contributed by atoms with E-state index in [-0.39, 0.29) is 0 Å². The average Bonchev–Trinajstić information content (AvgIpc) is 2.77. The van der Waals surface area contributed by atoms with Gasteiger partial charge in [0, 0.05) is 10.9 Å². The Morgan fingerprint density at radius 3 is 2.38 bits per heavy atom. The van der Waals surface area contributed by atoms with Gasteiger partial charge in [-0.05, 0) is 29.8 Å². The van der Waals surface area contributed by atoms with Crippen LogP contribution in [0.1, 0.15) is 51.5 Å². The Morgan fingerprint density at radius 2 is 1.94 bits per heavy atom. The van der Waals surface area contributed by atoms with E-state index in [1.54, 1.807) is 0 Å². The number of rotatable bonds is 7. The van der Waals surface area contributed by atoms with Gasteiger partial charge in [0.1, 0.15) is 0 Å². The van der Waals surface area contributed by atoms with Crippen LogP contribution >= 0.6 is 11.3 Å². The van der Waals surface area contributed by atoms with E-state index in [2.05, 4.69) is 50.5 Å². The summed E-state index contributed by atoms with van der Waals surface area (Å²) in [5.74, 6) is 1.48. The zero-order valence-electron chi connectivity index (χ0n) is 11.0. The van der Waals surface area contributed by atoms with Gasteiger partial charge in [-0.25, -0.2) is 0 Å². The molecule has 92 valence electrons. The minimum absolute atomic E-state index is 0.528. The Kier molecular flexibility index (Phi) is 6.07. The van der Waals surface area contributed by atoms with Crippen LogP contribution in [0.25, 0.3) is 0 Å². The summed E-state index contributed by atoms with van der Waals surface area (Å²) in [5.41, 5.74) is 0. The molecule has 1 aromatic rings. The molecule has 1 aromatic heterocycles. The van der Waals surface area contributed by atoms with Crippen molar-refractivity contribution in [3.63, 3.8) is 0 Å². The molecule has 0 aliphatic heterocycles. The predicted octanol–water partition coefficient (Wildman–Crippen LogP) is 4.47. The lowest BCUT2D eigenvalue weighted by molar-refractivity contribution is 0.362. The summed E-state index contributed by atoms with van der Waals surface area (Å²) in [4.78, 5) is 1.47. The number of nitrogens with one attached hydrogen (secondary N) is 1. The molecule has 0 aromatic carbocycles. The first kappa shape index (κ1) is 13.7. The zero-order valence-corrected chi connectivity index (χ0v) is 11.8. The van der Waals surface area contributed by atoms with Gasteiger partial charge < -0.3 is 5.32 Å². The normalized spacial score (nSPS) is 13.6. The molecular weight excluding hydrogens is 214 g/mol. The van der Waals surface area contributed by atoms with Gasteiger partial charge in [-0.3, -0.25) is 0 Å². The van der Waals surface area contributed by atoms with Gasteiger partial charge in [0.15, 0.2) is 0 Å². The van der Waals surface area contributed by atoms with Crippen LogP contribution in [0.5, 0.6) is 0 Å². The fourth-order valence-electron chi connectivity index (χ4n) is 2.00. The first-order valence-corrected chi connectivity index (χ1v) is 7.33. The summed E-state index contributed by atoms with van der Waals surface area (Å²) in [7, 11) is 0. The Bertz CT molecular complexity index is 262. The third-order valence-electron chi connectivity index (χ3n) is 3.30. The van der Waals surface area contributed by atoms with Gasteiger partial charge in [-0.2, -0.15) is 0 Å². The van der Waals surface area contributed by atoms with Crippen molar-refractivity contribution in [1.29, 1.82) is 0 Å². The summed E-state index contributed by atoms with van der Waals surface area (Å²) >= 11 is 1.86. The summed E-state index contributed by atoms with van der Waals surface area (Å²) in [6.07, 6.45) is 2.55. The van der Waals surface area contributed by atoms with Crippen LogP contribution in [0.4, 0.5) is 0 Å². The van der Waals surface area contributed by atoms with Crippen molar-refractivity contribution in [1.82, 2.24) is 5.32 Å². The van der Waals surface area contributed by atoms with Gasteiger partial charge in [-0.15, -0.1) is 11.3 Å². The molecule has 0 aliphatic carbocycles. The highest BCUT2D eigenvalue weighted by atomic mass is 32.1. The molecule has 0 bridgehead atoms. The van der Waals surface area contributed by atoms with E-state index in [9.17, 15) is 0 Å². The van der Waals surface area contributed by atoms with Gasteiger partial charge >= 0.3 is 0 Å². The van der Waals surface area contributed by atoms with Crippen molar-refractivity contribution in [3.05, 3.63) is 22.4 Å². The average molecular weight is 239 g/mol. The Morgan fingerprint density at radius 1 is 1.25 bits per heavy atom. The van der Waals surface area contributed by atoms with Crippen LogP contribution in [-0.4, -0.2) is 6.54 Å². The first-order valence-electron chi connectivity index (χ1n) is 6.45. The van der Waals surface area contributed by atoms with Crippen LogP contribution in [0.15, 0.2) is 17.5 Å². The summed E-state index contributed by atoms with van der Waals surface area (Å²) in [6, 6.07) is 4.92. The SMILES string of the molecule is CCC(CC)CNC(c1cccs1)C(C)C. The van der Waals surface area contributed by atoms with E-state index in [1.165, 1.54) is 17.7 Å². The standard InChI is InChI=1S/C14H25NS/c1-5-12(6-2)10-15-14(11(3)4)13-8-7-9-16-13/h7-9,11-12,14-15H,5-6,10H2,1-4H3. The molecule has 0 radical (unpaired) electrons. The van der Waals surface area contributed by atoms with E-state index >= 15 is 0 Å². The summed E-state index contributed by atoms with van der Waals surface area (Å²) in [6.45, 7) is 10.3. The topological polar surface area (TPSA) is 12.0 Å². The highest BCUT2D eigenvalue weighted by molar-refractivity contribution is 7.10. The number of hydrogen-bond acceptors (Lipinski definition) is 2. The molecule has 0 saturated carbocycles. The highest BCUT2D eigenvalue weighted by Crippen LogP contribution is 2.26. The van der Waals surface area contributed by atoms with Gasteiger partial charge in [0.05, 0.1) is 0 Å². The fourth-order valence-corrected chi connectivity index (χ4v) is 2.98. The lowest BCUT2D eigenvalue weighted by Gasteiger charge is -2.24. The maximum Gasteiger partial charge on any atom is 0.0438 e. The lowest BCUT2D eigenvalue weighted by Crippen LogP contribution is -2.29.